The van der Waals surface area contributed by atoms with E-state index in [0.29, 0.717) is 33.2 Å². The molecular weight excluding hydrogens is 423 g/mol. The first-order chi connectivity index (χ1) is 15.0. The molecule has 0 aliphatic carbocycles. The number of nitrogens with one attached hydrogen (secondary N) is 2. The van der Waals surface area contributed by atoms with Gasteiger partial charge in [0.15, 0.2) is 17.2 Å². The molecule has 0 fully saturated rings. The van der Waals surface area contributed by atoms with E-state index < -0.39 is 11.7 Å². The van der Waals surface area contributed by atoms with E-state index >= 15 is 4.39 Å². The summed E-state index contributed by atoms with van der Waals surface area (Å²) in [6.45, 7) is 1.79. The van der Waals surface area contributed by atoms with Crippen molar-refractivity contribution in [1.29, 1.82) is 0 Å². The van der Waals surface area contributed by atoms with E-state index in [1.807, 2.05) is 0 Å². The summed E-state index contributed by atoms with van der Waals surface area (Å²) in [5.74, 6) is -1.02. The van der Waals surface area contributed by atoms with Gasteiger partial charge in [-0.25, -0.2) is 9.37 Å². The number of amides is 1. The molecular formula is C22H18ClFN4O3. The van der Waals surface area contributed by atoms with Gasteiger partial charge < -0.3 is 14.8 Å². The van der Waals surface area contributed by atoms with Gasteiger partial charge in [-0.05, 0) is 42.3 Å². The highest BCUT2D eigenvalue weighted by atomic mass is 35.5. The number of rotatable bonds is 6. The molecule has 0 aliphatic rings. The zero-order valence-electron chi connectivity index (χ0n) is 16.7. The van der Waals surface area contributed by atoms with Crippen molar-refractivity contribution in [1.82, 2.24) is 15.2 Å². The van der Waals surface area contributed by atoms with Crippen LogP contribution in [0.3, 0.4) is 0 Å². The fourth-order valence-electron chi connectivity index (χ4n) is 3.08. The lowest BCUT2D eigenvalue weighted by molar-refractivity contribution is 0.102. The number of aryl methyl sites for hydroxylation is 1. The van der Waals surface area contributed by atoms with Crippen LogP contribution in [0.15, 0.2) is 48.7 Å². The molecule has 0 unspecified atom stereocenters. The summed E-state index contributed by atoms with van der Waals surface area (Å²) < 4.78 is 25.9. The van der Waals surface area contributed by atoms with Crippen LogP contribution in [-0.4, -0.2) is 28.2 Å². The van der Waals surface area contributed by atoms with Crippen LogP contribution in [0.25, 0.3) is 11.0 Å². The molecule has 31 heavy (non-hydrogen) atoms. The number of methoxy groups -OCH3 is 1. The number of H-pyrrole nitrogens is 1. The van der Waals surface area contributed by atoms with E-state index in [9.17, 15) is 4.79 Å². The molecule has 2 aromatic heterocycles. The Labute approximate surface area is 182 Å². The summed E-state index contributed by atoms with van der Waals surface area (Å²) in [5, 5.41) is 10.6. The number of aromatic amines is 1. The van der Waals surface area contributed by atoms with E-state index in [-0.39, 0.29) is 17.9 Å². The quantitative estimate of drug-likeness (QED) is 0.445. The Morgan fingerprint density at radius 3 is 2.74 bits per heavy atom. The largest absolute Gasteiger partial charge is 0.486 e. The van der Waals surface area contributed by atoms with Crippen molar-refractivity contribution in [2.75, 3.05) is 12.4 Å². The van der Waals surface area contributed by atoms with Crippen molar-refractivity contribution in [3.05, 3.63) is 76.2 Å². The first kappa shape index (κ1) is 20.6. The lowest BCUT2D eigenvalue weighted by Crippen LogP contribution is -2.16. The van der Waals surface area contributed by atoms with Crippen LogP contribution >= 0.6 is 11.6 Å². The van der Waals surface area contributed by atoms with Gasteiger partial charge in [0.1, 0.15) is 6.61 Å². The van der Waals surface area contributed by atoms with E-state index in [1.165, 1.54) is 19.4 Å². The minimum Gasteiger partial charge on any atom is -0.486 e. The predicted octanol–water partition coefficient (Wildman–Crippen LogP) is 4.90. The van der Waals surface area contributed by atoms with Crippen molar-refractivity contribution in [2.45, 2.75) is 13.5 Å². The summed E-state index contributed by atoms with van der Waals surface area (Å²) in [6, 6.07) is 11.8. The number of carbonyl (C=O) groups is 1. The number of pyridine rings is 1. The average Bonchev–Trinajstić information content (AvgIpc) is 3.17. The molecule has 1 amide bonds. The minimum atomic E-state index is -0.735. The Kier molecular flexibility index (Phi) is 5.73. The molecule has 7 nitrogen and oxygen atoms in total. The van der Waals surface area contributed by atoms with Crippen molar-refractivity contribution >= 4 is 34.2 Å². The molecule has 158 valence electrons. The van der Waals surface area contributed by atoms with Gasteiger partial charge in [-0.15, -0.1) is 5.10 Å². The number of nitrogens with zero attached hydrogens (tertiary/aromatic N) is 2. The third-order valence-corrected chi connectivity index (χ3v) is 4.93. The maximum Gasteiger partial charge on any atom is 0.259 e. The predicted molar refractivity (Wildman–Crippen MR) is 115 cm³/mol. The van der Waals surface area contributed by atoms with Crippen LogP contribution in [0.4, 0.5) is 10.1 Å². The molecule has 0 aliphatic heterocycles. The first-order valence-corrected chi connectivity index (χ1v) is 9.70. The second kappa shape index (κ2) is 8.61. The van der Waals surface area contributed by atoms with Crippen molar-refractivity contribution in [2.24, 2.45) is 0 Å². The minimum absolute atomic E-state index is 0.0178. The number of fused-ring (bicyclic) bond motifs is 1. The van der Waals surface area contributed by atoms with Crippen molar-refractivity contribution in [3.8, 4) is 11.6 Å². The second-order valence-corrected chi connectivity index (χ2v) is 7.23. The highest BCUT2D eigenvalue weighted by molar-refractivity contribution is 6.30. The number of halogens is 2. The number of ether oxygens (including phenoxy) is 2. The first-order valence-electron chi connectivity index (χ1n) is 9.32. The van der Waals surface area contributed by atoms with Gasteiger partial charge >= 0.3 is 0 Å². The van der Waals surface area contributed by atoms with Crippen LogP contribution in [0.1, 0.15) is 21.5 Å². The zero-order valence-corrected chi connectivity index (χ0v) is 17.5. The Hall–Kier alpha value is -3.65. The molecule has 2 N–H and O–H groups in total. The third-order valence-electron chi connectivity index (χ3n) is 4.68. The van der Waals surface area contributed by atoms with Gasteiger partial charge in [0.2, 0.25) is 5.88 Å². The van der Waals surface area contributed by atoms with Crippen LogP contribution in [-0.2, 0) is 6.61 Å². The zero-order chi connectivity index (χ0) is 22.0. The molecule has 0 radical (unpaired) electrons. The van der Waals surface area contributed by atoms with Crippen LogP contribution < -0.4 is 14.8 Å². The Bertz CT molecular complexity index is 1260. The summed E-state index contributed by atoms with van der Waals surface area (Å²) in [7, 11) is 1.48. The number of anilines is 1. The lowest BCUT2D eigenvalue weighted by atomic mass is 10.1. The fraction of sp³-hybridized carbons (Fsp3) is 0.136. The van der Waals surface area contributed by atoms with Gasteiger partial charge in [-0.3, -0.25) is 9.89 Å². The molecule has 0 saturated carbocycles. The standard InChI is InChI=1S/C22H18ClFN4O3/c1-12-3-8-17(31-11-13-4-6-14(23)7-5-13)19(24)18(12)21(29)26-15-9-16-20(25-10-15)27-28-22(16)30-2/h3-10H,11H2,1-2H3,(H,26,29)(H,25,27,28). The van der Waals surface area contributed by atoms with Crippen LogP contribution in [0.5, 0.6) is 11.6 Å². The van der Waals surface area contributed by atoms with E-state index in [2.05, 4.69) is 20.5 Å². The van der Waals surface area contributed by atoms with Gasteiger partial charge in [0.05, 0.1) is 29.9 Å². The molecule has 4 aromatic rings. The number of benzene rings is 2. The monoisotopic (exact) mass is 440 g/mol. The van der Waals surface area contributed by atoms with Gasteiger partial charge in [0, 0.05) is 5.02 Å². The smallest absolute Gasteiger partial charge is 0.259 e. The Morgan fingerprint density at radius 1 is 1.23 bits per heavy atom. The molecule has 4 rings (SSSR count). The van der Waals surface area contributed by atoms with Crippen molar-refractivity contribution in [3.63, 3.8) is 0 Å². The summed E-state index contributed by atoms with van der Waals surface area (Å²) in [6.07, 6.45) is 1.45. The molecule has 0 bridgehead atoms. The van der Waals surface area contributed by atoms with E-state index in [1.54, 1.807) is 43.3 Å². The Balaban J connectivity index is 1.56. The normalized spacial score (nSPS) is 10.8. The molecule has 9 heteroatoms. The lowest BCUT2D eigenvalue weighted by Gasteiger charge is -2.13. The van der Waals surface area contributed by atoms with E-state index in [0.717, 1.165) is 5.56 Å². The molecule has 0 atom stereocenters. The summed E-state index contributed by atoms with van der Waals surface area (Å²) >= 11 is 5.87. The maximum atomic E-state index is 15.1. The average molecular weight is 441 g/mol. The van der Waals surface area contributed by atoms with Crippen molar-refractivity contribution < 1.29 is 18.7 Å². The highest BCUT2D eigenvalue weighted by Gasteiger charge is 2.20. The van der Waals surface area contributed by atoms with Crippen LogP contribution in [0.2, 0.25) is 5.02 Å². The van der Waals surface area contributed by atoms with Crippen LogP contribution in [0, 0.1) is 12.7 Å². The van der Waals surface area contributed by atoms with Gasteiger partial charge in [-0.2, -0.15) is 0 Å². The highest BCUT2D eigenvalue weighted by Crippen LogP contribution is 2.27. The summed E-state index contributed by atoms with van der Waals surface area (Å²) in [5.41, 5.74) is 2.08. The number of hydrogen-bond donors (Lipinski definition) is 2. The maximum absolute atomic E-state index is 15.1. The molecule has 0 spiro atoms. The summed E-state index contributed by atoms with van der Waals surface area (Å²) in [4.78, 5) is 17.0. The molecule has 2 aromatic carbocycles. The van der Waals surface area contributed by atoms with Gasteiger partial charge in [0.25, 0.3) is 5.91 Å². The van der Waals surface area contributed by atoms with E-state index in [4.69, 9.17) is 21.1 Å². The second-order valence-electron chi connectivity index (χ2n) is 6.79. The topological polar surface area (TPSA) is 89.1 Å². The number of carbonyl (C=O) groups excluding carboxylic acids is 1. The SMILES string of the molecule is COc1n[nH]c2ncc(NC(=O)c3c(C)ccc(OCc4ccc(Cl)cc4)c3F)cc12. The molecule has 0 saturated heterocycles. The molecule has 2 heterocycles. The fourth-order valence-corrected chi connectivity index (χ4v) is 3.21. The number of hydrogen-bond acceptors (Lipinski definition) is 5. The third kappa shape index (κ3) is 4.29. The number of aromatic nitrogens is 3. The Morgan fingerprint density at radius 2 is 2.00 bits per heavy atom. The van der Waals surface area contributed by atoms with Gasteiger partial charge in [-0.1, -0.05) is 29.8 Å².